The van der Waals surface area contributed by atoms with Crippen molar-refractivity contribution in [1.82, 2.24) is 14.7 Å². The first-order chi connectivity index (χ1) is 12.1. The van der Waals surface area contributed by atoms with Gasteiger partial charge < -0.3 is 10.0 Å². The predicted octanol–water partition coefficient (Wildman–Crippen LogP) is 2.43. The molecule has 1 aliphatic heterocycles. The van der Waals surface area contributed by atoms with Gasteiger partial charge in [-0.05, 0) is 24.8 Å². The zero-order valence-electron chi connectivity index (χ0n) is 14.4. The number of aliphatic carboxylic acids is 1. The summed E-state index contributed by atoms with van der Waals surface area (Å²) >= 11 is 0. The number of carbonyl (C=O) groups is 2. The molecule has 1 aliphatic rings. The number of carboxylic acids is 1. The minimum atomic E-state index is -0.767. The van der Waals surface area contributed by atoms with Gasteiger partial charge >= 0.3 is 5.97 Å². The van der Waals surface area contributed by atoms with Crippen molar-refractivity contribution in [3.05, 3.63) is 53.3 Å². The lowest BCUT2D eigenvalue weighted by atomic mass is 9.96. The summed E-state index contributed by atoms with van der Waals surface area (Å²) < 4.78 is 1.88. The van der Waals surface area contributed by atoms with Gasteiger partial charge in [0.05, 0.1) is 29.9 Å². The second-order valence-corrected chi connectivity index (χ2v) is 6.41. The Morgan fingerprint density at radius 1 is 1.20 bits per heavy atom. The van der Waals surface area contributed by atoms with E-state index in [4.69, 9.17) is 5.11 Å². The highest BCUT2D eigenvalue weighted by Crippen LogP contribution is 2.21. The van der Waals surface area contributed by atoms with Crippen LogP contribution in [0, 0.1) is 5.92 Å². The molecule has 0 bridgehead atoms. The summed E-state index contributed by atoms with van der Waals surface area (Å²) in [6.07, 6.45) is 3.40. The summed E-state index contributed by atoms with van der Waals surface area (Å²) in [5, 5.41) is 13.5. The van der Waals surface area contributed by atoms with Crippen molar-refractivity contribution in [2.45, 2.75) is 32.7 Å². The predicted molar refractivity (Wildman–Crippen MR) is 93.4 cm³/mol. The average Bonchev–Trinajstić information content (AvgIpc) is 3.04. The fourth-order valence-electron chi connectivity index (χ4n) is 3.35. The number of amides is 1. The number of nitrogens with zero attached hydrogens (tertiary/aromatic N) is 3. The third-order valence-corrected chi connectivity index (χ3v) is 4.82. The fraction of sp³-hybridized carbons (Fsp3) is 0.421. The number of rotatable bonds is 5. The monoisotopic (exact) mass is 341 g/mol. The number of hydrogen-bond donors (Lipinski definition) is 1. The van der Waals surface area contributed by atoms with Crippen LogP contribution < -0.4 is 0 Å². The molecule has 0 radical (unpaired) electrons. The maximum absolute atomic E-state index is 12.8. The number of carboxylic acid groups (broad SMARTS) is 1. The molecule has 25 heavy (non-hydrogen) atoms. The van der Waals surface area contributed by atoms with Gasteiger partial charge in [0, 0.05) is 13.1 Å². The Bertz CT molecular complexity index is 747. The second kappa shape index (κ2) is 7.51. The van der Waals surface area contributed by atoms with Gasteiger partial charge in [0.2, 0.25) is 0 Å². The quantitative estimate of drug-likeness (QED) is 0.906. The molecular weight excluding hydrogens is 318 g/mol. The van der Waals surface area contributed by atoms with Crippen molar-refractivity contribution in [2.75, 3.05) is 13.1 Å². The summed E-state index contributed by atoms with van der Waals surface area (Å²) in [6, 6.07) is 10.0. The van der Waals surface area contributed by atoms with Crippen molar-refractivity contribution in [2.24, 2.45) is 5.92 Å². The molecule has 1 aromatic heterocycles. The highest BCUT2D eigenvalue weighted by molar-refractivity contribution is 5.95. The van der Waals surface area contributed by atoms with E-state index in [2.05, 4.69) is 5.10 Å². The Morgan fingerprint density at radius 2 is 1.88 bits per heavy atom. The van der Waals surface area contributed by atoms with Gasteiger partial charge in [0.15, 0.2) is 0 Å². The molecule has 6 heteroatoms. The van der Waals surface area contributed by atoms with Crippen LogP contribution in [-0.2, 0) is 17.8 Å². The van der Waals surface area contributed by atoms with Gasteiger partial charge in [0.25, 0.3) is 5.91 Å². The van der Waals surface area contributed by atoms with E-state index in [1.54, 1.807) is 11.1 Å². The Balaban J connectivity index is 1.74. The molecule has 0 spiro atoms. The topological polar surface area (TPSA) is 75.4 Å². The molecule has 1 amide bonds. The van der Waals surface area contributed by atoms with Gasteiger partial charge in [0.1, 0.15) is 0 Å². The molecule has 0 atom stereocenters. The Labute approximate surface area is 147 Å². The van der Waals surface area contributed by atoms with Gasteiger partial charge in [-0.3, -0.25) is 14.3 Å². The lowest BCUT2D eigenvalue weighted by molar-refractivity contribution is -0.143. The van der Waals surface area contributed by atoms with E-state index in [0.29, 0.717) is 38.0 Å². The molecule has 1 saturated heterocycles. The molecule has 0 aliphatic carbocycles. The Kier molecular flexibility index (Phi) is 5.16. The molecular formula is C19H23N3O3. The summed E-state index contributed by atoms with van der Waals surface area (Å²) in [6.45, 7) is 3.63. The molecule has 6 nitrogen and oxygen atoms in total. The number of aromatic nitrogens is 2. The molecule has 1 aromatic carbocycles. The minimum absolute atomic E-state index is 0.0417. The van der Waals surface area contributed by atoms with Crippen LogP contribution in [0.1, 0.15) is 41.4 Å². The third-order valence-electron chi connectivity index (χ3n) is 4.82. The van der Waals surface area contributed by atoms with Crippen molar-refractivity contribution in [1.29, 1.82) is 0 Å². The molecule has 132 valence electrons. The Morgan fingerprint density at radius 3 is 2.48 bits per heavy atom. The van der Waals surface area contributed by atoms with Crippen LogP contribution in [0.3, 0.4) is 0 Å². The van der Waals surface area contributed by atoms with E-state index in [0.717, 1.165) is 17.7 Å². The number of benzene rings is 1. The Hall–Kier alpha value is -2.63. The molecule has 3 rings (SSSR count). The lowest BCUT2D eigenvalue weighted by Gasteiger charge is -2.30. The van der Waals surface area contributed by atoms with Crippen LogP contribution in [0.5, 0.6) is 0 Å². The van der Waals surface area contributed by atoms with Crippen LogP contribution in [0.25, 0.3) is 0 Å². The number of carbonyl (C=O) groups excluding carboxylic acids is 1. The molecule has 0 unspecified atom stereocenters. The van der Waals surface area contributed by atoms with Crippen LogP contribution in [0.4, 0.5) is 0 Å². The SMILES string of the molecule is CCc1c(C(=O)N2CCC(C(=O)O)CC2)cnn1Cc1ccccc1. The first-order valence-electron chi connectivity index (χ1n) is 8.70. The van der Waals surface area contributed by atoms with Crippen LogP contribution in [-0.4, -0.2) is 44.8 Å². The third kappa shape index (κ3) is 3.73. The van der Waals surface area contributed by atoms with Crippen molar-refractivity contribution >= 4 is 11.9 Å². The molecule has 2 heterocycles. The largest absolute Gasteiger partial charge is 0.481 e. The maximum atomic E-state index is 12.8. The minimum Gasteiger partial charge on any atom is -0.481 e. The number of piperidine rings is 1. The van der Waals surface area contributed by atoms with E-state index in [9.17, 15) is 9.59 Å². The van der Waals surface area contributed by atoms with E-state index in [1.165, 1.54) is 0 Å². The van der Waals surface area contributed by atoms with Crippen molar-refractivity contribution in [3.63, 3.8) is 0 Å². The maximum Gasteiger partial charge on any atom is 0.306 e. The molecule has 0 saturated carbocycles. The van der Waals surface area contributed by atoms with E-state index < -0.39 is 5.97 Å². The van der Waals surface area contributed by atoms with Gasteiger partial charge in [-0.15, -0.1) is 0 Å². The number of likely N-dealkylation sites (tertiary alicyclic amines) is 1. The zero-order chi connectivity index (χ0) is 17.8. The van der Waals surface area contributed by atoms with Crippen molar-refractivity contribution < 1.29 is 14.7 Å². The zero-order valence-corrected chi connectivity index (χ0v) is 14.4. The summed E-state index contributed by atoms with van der Waals surface area (Å²) in [7, 11) is 0. The standard InChI is InChI=1S/C19H23N3O3/c1-2-17-16(12-20-22(17)13-14-6-4-3-5-7-14)18(23)21-10-8-15(9-11-21)19(24)25/h3-7,12,15H,2,8-11,13H2,1H3,(H,24,25). The first kappa shape index (κ1) is 17.2. The summed E-state index contributed by atoms with van der Waals surface area (Å²) in [4.78, 5) is 25.7. The normalized spacial score (nSPS) is 15.3. The lowest BCUT2D eigenvalue weighted by Crippen LogP contribution is -2.40. The molecule has 1 N–H and O–H groups in total. The second-order valence-electron chi connectivity index (χ2n) is 6.41. The van der Waals surface area contributed by atoms with Crippen LogP contribution in [0.15, 0.2) is 36.5 Å². The number of hydrogen-bond acceptors (Lipinski definition) is 3. The first-order valence-corrected chi connectivity index (χ1v) is 8.70. The van der Waals surface area contributed by atoms with Gasteiger partial charge in [-0.1, -0.05) is 37.3 Å². The van der Waals surface area contributed by atoms with Crippen LogP contribution in [0.2, 0.25) is 0 Å². The summed E-state index contributed by atoms with van der Waals surface area (Å²) in [5.74, 6) is -1.15. The van der Waals surface area contributed by atoms with E-state index >= 15 is 0 Å². The van der Waals surface area contributed by atoms with Gasteiger partial charge in [-0.2, -0.15) is 5.10 Å². The fourth-order valence-corrected chi connectivity index (χ4v) is 3.35. The van der Waals surface area contributed by atoms with Crippen LogP contribution >= 0.6 is 0 Å². The average molecular weight is 341 g/mol. The summed E-state index contributed by atoms with van der Waals surface area (Å²) in [5.41, 5.74) is 2.70. The van der Waals surface area contributed by atoms with Crippen molar-refractivity contribution in [3.8, 4) is 0 Å². The van der Waals surface area contributed by atoms with E-state index in [1.807, 2.05) is 41.9 Å². The van der Waals surface area contributed by atoms with E-state index in [-0.39, 0.29) is 11.8 Å². The van der Waals surface area contributed by atoms with Gasteiger partial charge in [-0.25, -0.2) is 0 Å². The highest BCUT2D eigenvalue weighted by atomic mass is 16.4. The molecule has 2 aromatic rings. The highest BCUT2D eigenvalue weighted by Gasteiger charge is 2.29. The molecule has 1 fully saturated rings. The smallest absolute Gasteiger partial charge is 0.306 e.